The molecule has 0 aromatic carbocycles. The Kier molecular flexibility index (Phi) is 6.13. The molecule has 32 heavy (non-hydrogen) atoms. The summed E-state index contributed by atoms with van der Waals surface area (Å²) >= 11 is 0. The molecule has 1 aliphatic carbocycles. The highest BCUT2D eigenvalue weighted by Gasteiger charge is 2.27. The third-order valence-corrected chi connectivity index (χ3v) is 7.19. The molecular formula is C25H34N6O. The van der Waals surface area contributed by atoms with E-state index < -0.39 is 0 Å². The molecule has 7 heteroatoms. The Morgan fingerprint density at radius 3 is 2.75 bits per heavy atom. The largest absolute Gasteiger partial charge is 0.390 e. The Morgan fingerprint density at radius 1 is 1.12 bits per heavy atom. The van der Waals surface area contributed by atoms with Gasteiger partial charge in [0.2, 0.25) is 0 Å². The summed E-state index contributed by atoms with van der Waals surface area (Å²) in [4.78, 5) is 16.9. The molecule has 0 unspecified atom stereocenters. The van der Waals surface area contributed by atoms with Crippen LogP contribution in [-0.4, -0.2) is 69.0 Å². The van der Waals surface area contributed by atoms with E-state index in [0.29, 0.717) is 6.54 Å². The van der Waals surface area contributed by atoms with Crippen LogP contribution in [-0.2, 0) is 19.6 Å². The molecule has 0 bridgehead atoms. The Bertz CT molecular complexity index is 1070. The molecule has 1 fully saturated rings. The summed E-state index contributed by atoms with van der Waals surface area (Å²) in [6, 6.07) is 10.8. The van der Waals surface area contributed by atoms with Crippen LogP contribution < -0.4 is 4.90 Å². The minimum Gasteiger partial charge on any atom is -0.390 e. The average Bonchev–Trinajstić information content (AvgIpc) is 3.20. The van der Waals surface area contributed by atoms with Crippen LogP contribution in [0.5, 0.6) is 0 Å². The first-order valence-corrected chi connectivity index (χ1v) is 11.9. The number of aromatic nitrogens is 3. The number of likely N-dealkylation sites (N-methyl/N-ethyl adjacent to an activating group) is 1. The van der Waals surface area contributed by atoms with Gasteiger partial charge in [0.1, 0.15) is 11.5 Å². The van der Waals surface area contributed by atoms with Gasteiger partial charge in [-0.05, 0) is 56.6 Å². The molecule has 1 saturated heterocycles. The first-order valence-electron chi connectivity index (χ1n) is 11.9. The van der Waals surface area contributed by atoms with Gasteiger partial charge in [0.15, 0.2) is 0 Å². The lowest BCUT2D eigenvalue weighted by molar-refractivity contribution is 0.203. The van der Waals surface area contributed by atoms with Crippen LogP contribution >= 0.6 is 0 Å². The monoisotopic (exact) mass is 434 g/mol. The number of piperazine rings is 1. The number of pyridine rings is 2. The number of hydrogen-bond acceptors (Lipinski definition) is 6. The summed E-state index contributed by atoms with van der Waals surface area (Å²) in [5.41, 5.74) is 5.33. The molecule has 0 amide bonds. The van der Waals surface area contributed by atoms with Crippen molar-refractivity contribution >= 4 is 11.5 Å². The first-order chi connectivity index (χ1) is 15.7. The molecule has 4 heterocycles. The van der Waals surface area contributed by atoms with E-state index in [1.807, 2.05) is 18.3 Å². The first kappa shape index (κ1) is 21.4. The van der Waals surface area contributed by atoms with Gasteiger partial charge in [-0.2, -0.15) is 0 Å². The number of hydrogen-bond donors (Lipinski definition) is 1. The van der Waals surface area contributed by atoms with Gasteiger partial charge in [-0.3, -0.25) is 14.3 Å². The lowest BCUT2D eigenvalue weighted by Gasteiger charge is -2.35. The van der Waals surface area contributed by atoms with E-state index in [9.17, 15) is 5.11 Å². The summed E-state index contributed by atoms with van der Waals surface area (Å²) in [6.07, 6.45) is 5.30. The van der Waals surface area contributed by atoms with E-state index in [1.54, 1.807) is 0 Å². The summed E-state index contributed by atoms with van der Waals surface area (Å²) in [5.74, 6) is 1.13. The number of aliphatic hydroxyl groups excluding tert-OH is 1. The molecule has 0 spiro atoms. The standard InChI is InChI=1S/C25H34N6O/c1-3-29-13-15-30(16-14-29)24-11-5-10-23-27-20(22(18-32)31(23)24)17-28(2)21-9-4-7-19-8-6-12-26-25(19)21/h5-6,8,10-12,21,32H,3-4,7,9,13-18H2,1-2H3/t21-/m0/s1. The number of anilines is 1. The SMILES string of the molecule is CCN1CCN(c2cccc3nc(CN(C)[C@H]4CCCc5cccnc54)c(CO)n23)CC1. The van der Waals surface area contributed by atoms with Crippen molar-refractivity contribution in [1.82, 2.24) is 24.2 Å². The summed E-state index contributed by atoms with van der Waals surface area (Å²) in [6.45, 7) is 8.13. The third kappa shape index (κ3) is 3.89. The lowest BCUT2D eigenvalue weighted by Crippen LogP contribution is -2.46. The van der Waals surface area contributed by atoms with Gasteiger partial charge in [0, 0.05) is 38.9 Å². The van der Waals surface area contributed by atoms with Gasteiger partial charge in [0.05, 0.1) is 29.7 Å². The molecule has 5 rings (SSSR count). The second kappa shape index (κ2) is 9.17. The topological polar surface area (TPSA) is 60.1 Å². The van der Waals surface area contributed by atoms with Crippen molar-refractivity contribution in [1.29, 1.82) is 0 Å². The van der Waals surface area contributed by atoms with Gasteiger partial charge in [-0.1, -0.05) is 19.1 Å². The molecule has 2 aliphatic rings. The number of fused-ring (bicyclic) bond motifs is 2. The van der Waals surface area contributed by atoms with Gasteiger partial charge in [-0.15, -0.1) is 0 Å². The van der Waals surface area contributed by atoms with E-state index in [0.717, 1.165) is 68.4 Å². The van der Waals surface area contributed by atoms with Gasteiger partial charge in [-0.25, -0.2) is 4.98 Å². The minimum absolute atomic E-state index is 0.0181. The van der Waals surface area contributed by atoms with E-state index in [2.05, 4.69) is 51.3 Å². The Morgan fingerprint density at radius 2 is 1.97 bits per heavy atom. The van der Waals surface area contributed by atoms with Gasteiger partial charge >= 0.3 is 0 Å². The molecule has 1 N–H and O–H groups in total. The molecule has 7 nitrogen and oxygen atoms in total. The number of imidazole rings is 1. The summed E-state index contributed by atoms with van der Waals surface area (Å²) < 4.78 is 2.16. The summed E-state index contributed by atoms with van der Waals surface area (Å²) in [7, 11) is 2.16. The smallest absolute Gasteiger partial charge is 0.138 e. The van der Waals surface area contributed by atoms with Crippen molar-refractivity contribution in [2.75, 3.05) is 44.7 Å². The molecule has 3 aromatic rings. The van der Waals surface area contributed by atoms with Crippen molar-refractivity contribution in [3.63, 3.8) is 0 Å². The highest BCUT2D eigenvalue weighted by molar-refractivity contribution is 5.55. The minimum atomic E-state index is -0.0181. The van der Waals surface area contributed by atoms with E-state index >= 15 is 0 Å². The van der Waals surface area contributed by atoms with Gasteiger partial charge in [0.25, 0.3) is 0 Å². The van der Waals surface area contributed by atoms with E-state index in [-0.39, 0.29) is 12.6 Å². The van der Waals surface area contributed by atoms with Crippen LogP contribution in [0, 0.1) is 0 Å². The molecule has 1 atom stereocenters. The Balaban J connectivity index is 1.44. The molecule has 0 saturated carbocycles. The summed E-state index contributed by atoms with van der Waals surface area (Å²) in [5, 5.41) is 10.4. The van der Waals surface area contributed by atoms with Crippen LogP contribution in [0.3, 0.4) is 0 Å². The van der Waals surface area contributed by atoms with Crippen LogP contribution in [0.2, 0.25) is 0 Å². The fraction of sp³-hybridized carbons (Fsp3) is 0.520. The van der Waals surface area contributed by atoms with Crippen LogP contribution in [0.1, 0.15) is 48.5 Å². The van der Waals surface area contributed by atoms with Crippen LogP contribution in [0.4, 0.5) is 5.82 Å². The fourth-order valence-electron chi connectivity index (χ4n) is 5.37. The predicted molar refractivity (Wildman–Crippen MR) is 127 cm³/mol. The zero-order valence-corrected chi connectivity index (χ0v) is 19.2. The van der Waals surface area contributed by atoms with Crippen LogP contribution in [0.25, 0.3) is 5.65 Å². The highest BCUT2D eigenvalue weighted by atomic mass is 16.3. The van der Waals surface area contributed by atoms with E-state index in [4.69, 9.17) is 9.97 Å². The molecular weight excluding hydrogens is 400 g/mol. The highest BCUT2D eigenvalue weighted by Crippen LogP contribution is 2.33. The normalized spacial score (nSPS) is 19.6. The maximum Gasteiger partial charge on any atom is 0.138 e. The zero-order valence-electron chi connectivity index (χ0n) is 19.2. The second-order valence-electron chi connectivity index (χ2n) is 9.03. The predicted octanol–water partition coefficient (Wildman–Crippen LogP) is 2.87. The maximum absolute atomic E-state index is 10.4. The van der Waals surface area contributed by atoms with Crippen LogP contribution in [0.15, 0.2) is 36.5 Å². The number of aliphatic hydroxyl groups is 1. The van der Waals surface area contributed by atoms with Crippen molar-refractivity contribution in [3.05, 3.63) is 59.2 Å². The molecule has 1 aliphatic heterocycles. The van der Waals surface area contributed by atoms with Crippen molar-refractivity contribution in [3.8, 4) is 0 Å². The second-order valence-corrected chi connectivity index (χ2v) is 9.03. The third-order valence-electron chi connectivity index (χ3n) is 7.19. The van der Waals surface area contributed by atoms with Crippen molar-refractivity contribution in [2.24, 2.45) is 0 Å². The Hall–Kier alpha value is -2.48. The maximum atomic E-state index is 10.4. The molecule has 170 valence electrons. The van der Waals surface area contributed by atoms with E-state index in [1.165, 1.54) is 17.7 Å². The lowest BCUT2D eigenvalue weighted by atomic mass is 9.91. The molecule has 3 aromatic heterocycles. The average molecular weight is 435 g/mol. The van der Waals surface area contributed by atoms with Crippen molar-refractivity contribution < 1.29 is 5.11 Å². The van der Waals surface area contributed by atoms with Crippen molar-refractivity contribution in [2.45, 2.75) is 45.4 Å². The fourth-order valence-corrected chi connectivity index (χ4v) is 5.37. The number of rotatable bonds is 6. The van der Waals surface area contributed by atoms with Gasteiger partial charge < -0.3 is 14.9 Å². The number of nitrogens with zero attached hydrogens (tertiary/aromatic N) is 6. The number of aryl methyl sites for hydroxylation is 1. The quantitative estimate of drug-likeness (QED) is 0.644. The Labute approximate surface area is 190 Å². The molecule has 0 radical (unpaired) electrons. The zero-order chi connectivity index (χ0) is 22.1.